The topological polar surface area (TPSA) is 29.3 Å². The van der Waals surface area contributed by atoms with Crippen LogP contribution >= 0.6 is 11.6 Å². The monoisotopic (exact) mass is 308 g/mol. The Hall–Kier alpha value is -0.570. The van der Waals surface area contributed by atoms with Crippen molar-refractivity contribution in [2.24, 2.45) is 17.1 Å². The molecule has 2 atom stereocenters. The molecule has 1 saturated carbocycles. The van der Waals surface area contributed by atoms with Gasteiger partial charge in [0.1, 0.15) is 0 Å². The average Bonchev–Trinajstić information content (AvgIpc) is 2.38. The van der Waals surface area contributed by atoms with Crippen LogP contribution in [0.25, 0.3) is 0 Å². The lowest BCUT2D eigenvalue weighted by atomic mass is 9.63. The van der Waals surface area contributed by atoms with Crippen LogP contribution in [-0.2, 0) is 6.54 Å². The Morgan fingerprint density at radius 2 is 2.05 bits per heavy atom. The molecule has 0 saturated heterocycles. The van der Waals surface area contributed by atoms with Gasteiger partial charge in [0.25, 0.3) is 0 Å². The smallest absolute Gasteiger partial charge is 0.0409 e. The van der Waals surface area contributed by atoms with Crippen LogP contribution in [0, 0.1) is 11.3 Å². The second-order valence-electron chi connectivity index (χ2n) is 7.56. The SMILES string of the molecule is CC1CC(C)(C)CCC1(CN)N(C)Cc1cccc(Cl)c1. The second-order valence-corrected chi connectivity index (χ2v) is 8.00. The first-order valence-corrected chi connectivity index (χ1v) is 8.33. The third-order valence-electron chi connectivity index (χ3n) is 5.43. The van der Waals surface area contributed by atoms with Gasteiger partial charge in [0.05, 0.1) is 0 Å². The molecule has 2 rings (SSSR count). The highest BCUT2D eigenvalue weighted by atomic mass is 35.5. The minimum Gasteiger partial charge on any atom is -0.329 e. The Morgan fingerprint density at radius 1 is 1.33 bits per heavy atom. The third kappa shape index (κ3) is 3.61. The molecule has 0 aliphatic heterocycles. The zero-order valence-electron chi connectivity index (χ0n) is 13.8. The summed E-state index contributed by atoms with van der Waals surface area (Å²) in [6.07, 6.45) is 3.66. The van der Waals surface area contributed by atoms with Crippen molar-refractivity contribution >= 4 is 11.6 Å². The highest BCUT2D eigenvalue weighted by Gasteiger charge is 2.45. The maximum absolute atomic E-state index is 6.23. The second kappa shape index (κ2) is 6.28. The number of hydrogen-bond donors (Lipinski definition) is 1. The molecule has 1 aromatic carbocycles. The zero-order valence-corrected chi connectivity index (χ0v) is 14.6. The molecule has 2 N–H and O–H groups in total. The van der Waals surface area contributed by atoms with E-state index >= 15 is 0 Å². The molecule has 0 spiro atoms. The summed E-state index contributed by atoms with van der Waals surface area (Å²) in [5.41, 5.74) is 8.04. The first-order chi connectivity index (χ1) is 9.79. The fourth-order valence-corrected chi connectivity index (χ4v) is 4.23. The van der Waals surface area contributed by atoms with E-state index < -0.39 is 0 Å². The Morgan fingerprint density at radius 3 is 2.62 bits per heavy atom. The molecule has 0 radical (unpaired) electrons. The molecule has 3 heteroatoms. The Kier molecular flexibility index (Phi) is 5.02. The van der Waals surface area contributed by atoms with Crippen LogP contribution in [0.3, 0.4) is 0 Å². The predicted octanol–water partition coefficient (Wildman–Crippen LogP) is 4.32. The van der Waals surface area contributed by atoms with Crippen molar-refractivity contribution in [3.8, 4) is 0 Å². The summed E-state index contributed by atoms with van der Waals surface area (Å²) >= 11 is 6.11. The van der Waals surface area contributed by atoms with Crippen molar-refractivity contribution in [1.82, 2.24) is 4.90 Å². The van der Waals surface area contributed by atoms with Gasteiger partial charge in [-0.05, 0) is 55.3 Å². The molecule has 2 nitrogen and oxygen atoms in total. The van der Waals surface area contributed by atoms with Crippen molar-refractivity contribution in [2.45, 2.75) is 52.1 Å². The van der Waals surface area contributed by atoms with E-state index in [0.29, 0.717) is 11.3 Å². The Bertz CT molecular complexity index is 486. The highest BCUT2D eigenvalue weighted by Crippen LogP contribution is 2.46. The summed E-state index contributed by atoms with van der Waals surface area (Å²) in [5, 5.41) is 0.806. The molecule has 1 aliphatic rings. The van der Waals surface area contributed by atoms with Gasteiger partial charge < -0.3 is 5.73 Å². The van der Waals surface area contributed by atoms with E-state index in [9.17, 15) is 0 Å². The van der Waals surface area contributed by atoms with E-state index in [1.54, 1.807) is 0 Å². The third-order valence-corrected chi connectivity index (χ3v) is 5.67. The van der Waals surface area contributed by atoms with Crippen LogP contribution < -0.4 is 5.73 Å². The number of likely N-dealkylation sites (N-methyl/N-ethyl adjacent to an activating group) is 1. The number of hydrogen-bond acceptors (Lipinski definition) is 2. The van der Waals surface area contributed by atoms with Crippen molar-refractivity contribution in [3.05, 3.63) is 34.9 Å². The van der Waals surface area contributed by atoms with Crippen LogP contribution in [0.5, 0.6) is 0 Å². The summed E-state index contributed by atoms with van der Waals surface area (Å²) in [5.74, 6) is 0.607. The van der Waals surface area contributed by atoms with E-state index in [1.807, 2.05) is 12.1 Å². The maximum Gasteiger partial charge on any atom is 0.0409 e. The molecule has 21 heavy (non-hydrogen) atoms. The number of nitrogens with two attached hydrogens (primary N) is 1. The van der Waals surface area contributed by atoms with Gasteiger partial charge in [0, 0.05) is 23.7 Å². The molecular formula is C18H29ClN2. The lowest BCUT2D eigenvalue weighted by molar-refractivity contribution is -0.0117. The molecule has 0 amide bonds. The minimum absolute atomic E-state index is 0.109. The molecule has 2 unspecified atom stereocenters. The Labute approximate surface area is 134 Å². The number of halogens is 1. The van der Waals surface area contributed by atoms with Gasteiger partial charge in [-0.1, -0.05) is 44.5 Å². The standard InChI is InChI=1S/C18H29ClN2/c1-14-11-17(2,3)8-9-18(14,13-20)21(4)12-15-6-5-7-16(19)10-15/h5-7,10,14H,8-9,11-13,20H2,1-4H3. The number of benzene rings is 1. The van der Waals surface area contributed by atoms with Crippen molar-refractivity contribution < 1.29 is 0 Å². The van der Waals surface area contributed by atoms with Crippen LogP contribution in [-0.4, -0.2) is 24.0 Å². The van der Waals surface area contributed by atoms with Gasteiger partial charge in [-0.2, -0.15) is 0 Å². The van der Waals surface area contributed by atoms with Crippen molar-refractivity contribution in [3.63, 3.8) is 0 Å². The summed E-state index contributed by atoms with van der Waals surface area (Å²) < 4.78 is 0. The summed E-state index contributed by atoms with van der Waals surface area (Å²) in [6, 6.07) is 8.15. The molecule has 0 bridgehead atoms. The highest BCUT2D eigenvalue weighted by molar-refractivity contribution is 6.30. The number of rotatable bonds is 4. The molecule has 1 fully saturated rings. The van der Waals surface area contributed by atoms with Crippen molar-refractivity contribution in [2.75, 3.05) is 13.6 Å². The lowest BCUT2D eigenvalue weighted by Gasteiger charge is -2.52. The Balaban J connectivity index is 2.16. The van der Waals surface area contributed by atoms with E-state index in [2.05, 4.69) is 44.9 Å². The van der Waals surface area contributed by atoms with Crippen LogP contribution in [0.2, 0.25) is 5.02 Å². The predicted molar refractivity (Wildman–Crippen MR) is 91.5 cm³/mol. The lowest BCUT2D eigenvalue weighted by Crippen LogP contribution is -2.59. The zero-order chi connectivity index (χ0) is 15.7. The van der Waals surface area contributed by atoms with Gasteiger partial charge in [0.2, 0.25) is 0 Å². The largest absolute Gasteiger partial charge is 0.329 e. The molecule has 0 heterocycles. The van der Waals surface area contributed by atoms with E-state index in [1.165, 1.54) is 24.8 Å². The van der Waals surface area contributed by atoms with Gasteiger partial charge in [0.15, 0.2) is 0 Å². The fraction of sp³-hybridized carbons (Fsp3) is 0.667. The van der Waals surface area contributed by atoms with Gasteiger partial charge in [-0.25, -0.2) is 0 Å². The first kappa shape index (κ1) is 16.8. The summed E-state index contributed by atoms with van der Waals surface area (Å²) in [6.45, 7) is 8.74. The summed E-state index contributed by atoms with van der Waals surface area (Å²) in [7, 11) is 2.21. The van der Waals surface area contributed by atoms with Gasteiger partial charge >= 0.3 is 0 Å². The van der Waals surface area contributed by atoms with E-state index in [0.717, 1.165) is 18.1 Å². The van der Waals surface area contributed by atoms with Crippen LogP contribution in [0.1, 0.15) is 45.6 Å². The van der Waals surface area contributed by atoms with Crippen LogP contribution in [0.15, 0.2) is 24.3 Å². The minimum atomic E-state index is 0.109. The molecule has 1 aromatic rings. The van der Waals surface area contributed by atoms with E-state index in [4.69, 9.17) is 17.3 Å². The van der Waals surface area contributed by atoms with Gasteiger partial charge in [-0.3, -0.25) is 4.90 Å². The molecular weight excluding hydrogens is 280 g/mol. The molecule has 0 aromatic heterocycles. The fourth-order valence-electron chi connectivity index (χ4n) is 4.01. The molecule has 1 aliphatic carbocycles. The molecule has 118 valence electrons. The quantitative estimate of drug-likeness (QED) is 0.897. The van der Waals surface area contributed by atoms with Crippen LogP contribution in [0.4, 0.5) is 0 Å². The average molecular weight is 309 g/mol. The van der Waals surface area contributed by atoms with E-state index in [-0.39, 0.29) is 5.54 Å². The number of nitrogens with zero attached hydrogens (tertiary/aromatic N) is 1. The summed E-state index contributed by atoms with van der Waals surface area (Å²) in [4.78, 5) is 2.46. The first-order valence-electron chi connectivity index (χ1n) is 7.95. The maximum atomic E-state index is 6.23. The normalized spacial score (nSPS) is 28.8. The van der Waals surface area contributed by atoms with Gasteiger partial charge in [-0.15, -0.1) is 0 Å². The van der Waals surface area contributed by atoms with Crippen molar-refractivity contribution in [1.29, 1.82) is 0 Å².